The number of carboxylic acid groups (broad SMARTS) is 1. The van der Waals surface area contributed by atoms with Crippen molar-refractivity contribution in [1.82, 2.24) is 9.71 Å². The number of halogens is 1. The first-order valence-corrected chi connectivity index (χ1v) is 8.54. The molecule has 112 valence electrons. The molecule has 6 nitrogen and oxygen atoms in total. The van der Waals surface area contributed by atoms with E-state index in [1.54, 1.807) is 11.7 Å². The van der Waals surface area contributed by atoms with E-state index >= 15 is 0 Å². The molecule has 0 aliphatic rings. The highest BCUT2D eigenvalue weighted by Crippen LogP contribution is 2.22. The predicted octanol–water partition coefficient (Wildman–Crippen LogP) is 2.02. The number of rotatable bonds is 6. The van der Waals surface area contributed by atoms with Crippen LogP contribution in [0.4, 0.5) is 0 Å². The molecule has 0 radical (unpaired) electrons. The summed E-state index contributed by atoms with van der Waals surface area (Å²) in [6.07, 6.45) is 2.16. The molecule has 0 unspecified atom stereocenters. The Morgan fingerprint density at radius 1 is 1.43 bits per heavy atom. The number of aromatic nitrogens is 1. The van der Waals surface area contributed by atoms with Crippen molar-refractivity contribution in [3.63, 3.8) is 0 Å². The summed E-state index contributed by atoms with van der Waals surface area (Å²) in [6.45, 7) is 0.179. The monoisotopic (exact) mass is 346 g/mol. The van der Waals surface area contributed by atoms with Crippen LogP contribution < -0.4 is 4.72 Å². The van der Waals surface area contributed by atoms with E-state index in [-0.39, 0.29) is 22.0 Å². The fourth-order valence-electron chi connectivity index (χ4n) is 1.59. The van der Waals surface area contributed by atoms with Gasteiger partial charge in [-0.05, 0) is 24.6 Å². The van der Waals surface area contributed by atoms with E-state index < -0.39 is 16.0 Å². The molecule has 9 heteroatoms. The number of hydrogen-bond donors (Lipinski definition) is 2. The van der Waals surface area contributed by atoms with Crippen molar-refractivity contribution in [2.45, 2.75) is 11.3 Å². The molecule has 2 N–H and O–H groups in total. The number of carboxylic acids is 1. The van der Waals surface area contributed by atoms with Crippen molar-refractivity contribution in [2.24, 2.45) is 0 Å². The van der Waals surface area contributed by atoms with Crippen molar-refractivity contribution in [2.75, 3.05) is 6.54 Å². The molecular formula is C12H11ClN2O4S2. The molecule has 0 saturated heterocycles. The van der Waals surface area contributed by atoms with E-state index in [4.69, 9.17) is 16.7 Å². The average molecular weight is 347 g/mol. The minimum atomic E-state index is -3.86. The second-order valence-electron chi connectivity index (χ2n) is 4.07. The molecule has 0 fully saturated rings. The minimum absolute atomic E-state index is 0.0229. The molecular weight excluding hydrogens is 336 g/mol. The zero-order chi connectivity index (χ0) is 15.5. The largest absolute Gasteiger partial charge is 0.478 e. The Kier molecular flexibility index (Phi) is 4.94. The molecule has 1 aromatic carbocycles. The summed E-state index contributed by atoms with van der Waals surface area (Å²) in [7, 11) is -3.86. The Morgan fingerprint density at radius 2 is 2.19 bits per heavy atom. The molecule has 0 atom stereocenters. The Hall–Kier alpha value is -1.48. The van der Waals surface area contributed by atoms with Crippen LogP contribution in [-0.4, -0.2) is 31.0 Å². The molecule has 1 heterocycles. The van der Waals surface area contributed by atoms with Crippen molar-refractivity contribution in [1.29, 1.82) is 0 Å². The van der Waals surface area contributed by atoms with Crippen LogP contribution in [0.3, 0.4) is 0 Å². The van der Waals surface area contributed by atoms with E-state index in [2.05, 4.69) is 9.71 Å². The number of hydrogen-bond acceptors (Lipinski definition) is 5. The van der Waals surface area contributed by atoms with Gasteiger partial charge in [-0.15, -0.1) is 11.3 Å². The lowest BCUT2D eigenvalue weighted by molar-refractivity contribution is 0.0696. The van der Waals surface area contributed by atoms with Gasteiger partial charge < -0.3 is 5.11 Å². The molecule has 0 bridgehead atoms. The Morgan fingerprint density at radius 3 is 2.81 bits per heavy atom. The van der Waals surface area contributed by atoms with Crippen molar-refractivity contribution < 1.29 is 18.3 Å². The normalized spacial score (nSPS) is 11.5. The van der Waals surface area contributed by atoms with Crippen LogP contribution in [-0.2, 0) is 16.4 Å². The summed E-state index contributed by atoms with van der Waals surface area (Å²) in [5.41, 5.74) is 1.53. The van der Waals surface area contributed by atoms with Gasteiger partial charge in [0.25, 0.3) is 0 Å². The first kappa shape index (κ1) is 15.9. The van der Waals surface area contributed by atoms with Crippen LogP contribution in [0.1, 0.15) is 15.2 Å². The summed E-state index contributed by atoms with van der Waals surface area (Å²) in [5.74, 6) is -1.22. The molecule has 0 aliphatic heterocycles. The van der Waals surface area contributed by atoms with E-state index in [0.717, 1.165) is 10.9 Å². The molecule has 1 aromatic heterocycles. The van der Waals surface area contributed by atoms with Gasteiger partial charge in [0.15, 0.2) is 0 Å². The van der Waals surface area contributed by atoms with Gasteiger partial charge in [0, 0.05) is 17.6 Å². The molecule has 2 aromatic rings. The lowest BCUT2D eigenvalue weighted by Crippen LogP contribution is -2.26. The zero-order valence-electron chi connectivity index (χ0n) is 10.6. The van der Waals surface area contributed by atoms with E-state index in [1.165, 1.54) is 23.5 Å². The van der Waals surface area contributed by atoms with Crippen LogP contribution in [0.2, 0.25) is 5.02 Å². The van der Waals surface area contributed by atoms with Gasteiger partial charge in [-0.1, -0.05) is 11.6 Å². The van der Waals surface area contributed by atoms with Crippen LogP contribution in [0.15, 0.2) is 34.8 Å². The third kappa shape index (κ3) is 4.01. The maximum absolute atomic E-state index is 12.2. The third-order valence-corrected chi connectivity index (χ3v) is 5.40. The number of nitrogens with zero attached hydrogens (tertiary/aromatic N) is 1. The van der Waals surface area contributed by atoms with Crippen LogP contribution >= 0.6 is 22.9 Å². The Bertz CT molecular complexity index is 745. The summed E-state index contributed by atoms with van der Waals surface area (Å²) in [6, 6.07) is 3.55. The highest BCUT2D eigenvalue weighted by atomic mass is 35.5. The van der Waals surface area contributed by atoms with Gasteiger partial charge >= 0.3 is 5.97 Å². The van der Waals surface area contributed by atoms with Gasteiger partial charge in [0.1, 0.15) is 4.90 Å². The Balaban J connectivity index is 2.15. The summed E-state index contributed by atoms with van der Waals surface area (Å²) >= 11 is 7.27. The van der Waals surface area contributed by atoms with Crippen molar-refractivity contribution in [3.05, 3.63) is 45.4 Å². The number of thiazole rings is 1. The number of benzene rings is 1. The molecule has 0 spiro atoms. The fourth-order valence-corrected chi connectivity index (χ4v) is 3.75. The highest BCUT2D eigenvalue weighted by Gasteiger charge is 2.19. The lowest BCUT2D eigenvalue weighted by Gasteiger charge is -2.08. The fraction of sp³-hybridized carbons (Fsp3) is 0.167. The van der Waals surface area contributed by atoms with Gasteiger partial charge in [-0.25, -0.2) is 17.9 Å². The van der Waals surface area contributed by atoms with Gasteiger partial charge in [0.05, 0.1) is 16.1 Å². The smallest absolute Gasteiger partial charge is 0.335 e. The summed E-state index contributed by atoms with van der Waals surface area (Å²) < 4.78 is 26.7. The van der Waals surface area contributed by atoms with Crippen molar-refractivity contribution in [3.8, 4) is 0 Å². The topological polar surface area (TPSA) is 96.4 Å². The van der Waals surface area contributed by atoms with Gasteiger partial charge in [-0.2, -0.15) is 0 Å². The quantitative estimate of drug-likeness (QED) is 0.834. The van der Waals surface area contributed by atoms with Gasteiger partial charge in [-0.3, -0.25) is 4.98 Å². The second-order valence-corrected chi connectivity index (χ2v) is 7.18. The molecule has 2 rings (SSSR count). The minimum Gasteiger partial charge on any atom is -0.478 e. The maximum Gasteiger partial charge on any atom is 0.335 e. The first-order chi connectivity index (χ1) is 9.90. The number of aromatic carboxylic acids is 1. The highest BCUT2D eigenvalue weighted by molar-refractivity contribution is 7.89. The predicted molar refractivity (Wildman–Crippen MR) is 79.4 cm³/mol. The zero-order valence-corrected chi connectivity index (χ0v) is 13.0. The third-order valence-electron chi connectivity index (χ3n) is 2.61. The summed E-state index contributed by atoms with van der Waals surface area (Å²) in [5, 5.41) is 8.88. The molecule has 0 amide bonds. The number of sulfonamides is 1. The van der Waals surface area contributed by atoms with Gasteiger partial charge in [0.2, 0.25) is 10.0 Å². The standard InChI is InChI=1S/C12H11ClN2O4S2/c13-10-2-1-8(12(16)17)5-11(10)21(18,19)15-4-3-9-6-14-7-20-9/h1-2,5-7,15H,3-4H2,(H,16,17). The van der Waals surface area contributed by atoms with Crippen molar-refractivity contribution >= 4 is 38.9 Å². The molecule has 0 aliphatic carbocycles. The number of carbonyl (C=O) groups is 1. The first-order valence-electron chi connectivity index (χ1n) is 5.80. The number of nitrogens with one attached hydrogen (secondary N) is 1. The van der Waals surface area contributed by atoms with E-state index in [1.807, 2.05) is 0 Å². The van der Waals surface area contributed by atoms with Crippen LogP contribution in [0, 0.1) is 0 Å². The second kappa shape index (κ2) is 6.52. The lowest BCUT2D eigenvalue weighted by atomic mass is 10.2. The average Bonchev–Trinajstić information content (AvgIpc) is 2.91. The van der Waals surface area contributed by atoms with Crippen LogP contribution in [0.5, 0.6) is 0 Å². The molecule has 21 heavy (non-hydrogen) atoms. The van der Waals surface area contributed by atoms with E-state index in [0.29, 0.717) is 6.42 Å². The summed E-state index contributed by atoms with van der Waals surface area (Å²) in [4.78, 5) is 15.5. The maximum atomic E-state index is 12.2. The Labute approximate surface area is 130 Å². The molecule has 0 saturated carbocycles. The van der Waals surface area contributed by atoms with Crippen LogP contribution in [0.25, 0.3) is 0 Å². The van der Waals surface area contributed by atoms with E-state index in [9.17, 15) is 13.2 Å². The SMILES string of the molecule is O=C(O)c1ccc(Cl)c(S(=O)(=O)NCCc2cncs2)c1.